The molecule has 0 saturated heterocycles. The highest BCUT2D eigenvalue weighted by atomic mass is 19.1. The Morgan fingerprint density at radius 1 is 0.897 bits per heavy atom. The summed E-state index contributed by atoms with van der Waals surface area (Å²) in [5.74, 6) is -0.741. The molecule has 3 aromatic carbocycles. The molecule has 0 fully saturated rings. The first-order chi connectivity index (χ1) is 19.0. The maximum Gasteiger partial charge on any atom is 0.328 e. The number of aromatic nitrogens is 2. The average Bonchev–Trinajstić information content (AvgIpc) is 3.40. The molecule has 1 N–H and O–H groups in total. The van der Waals surface area contributed by atoms with E-state index in [1.54, 1.807) is 47.1 Å². The van der Waals surface area contributed by atoms with Crippen LogP contribution in [0.5, 0.6) is 5.75 Å². The number of amides is 1. The fourth-order valence-electron chi connectivity index (χ4n) is 4.22. The van der Waals surface area contributed by atoms with Crippen molar-refractivity contribution in [3.63, 3.8) is 0 Å². The minimum Gasteiger partial charge on any atom is -0.489 e. The van der Waals surface area contributed by atoms with Crippen molar-refractivity contribution in [3.8, 4) is 16.9 Å². The van der Waals surface area contributed by atoms with E-state index < -0.39 is 17.9 Å². The van der Waals surface area contributed by atoms with Crippen molar-refractivity contribution in [2.45, 2.75) is 19.1 Å². The minimum atomic E-state index is -0.919. The second-order valence-corrected chi connectivity index (χ2v) is 8.96. The van der Waals surface area contributed by atoms with Crippen LogP contribution in [0.15, 0.2) is 103 Å². The molecule has 0 spiro atoms. The quantitative estimate of drug-likeness (QED) is 0.268. The molecule has 1 atom stereocenters. The number of benzene rings is 3. The lowest BCUT2D eigenvalue weighted by Crippen LogP contribution is -2.43. The molecule has 1 amide bonds. The molecule has 0 aliphatic rings. The monoisotopic (exact) mass is 523 g/mol. The molecule has 0 bridgehead atoms. The fraction of sp³-hybridized carbons (Fsp3) is 0.129. The summed E-state index contributed by atoms with van der Waals surface area (Å²) in [5, 5.41) is 2.73. The van der Waals surface area contributed by atoms with E-state index in [1.165, 1.54) is 13.2 Å². The number of esters is 1. The predicted molar refractivity (Wildman–Crippen MR) is 145 cm³/mol. The smallest absolute Gasteiger partial charge is 0.328 e. The largest absolute Gasteiger partial charge is 0.489 e. The highest BCUT2D eigenvalue weighted by Crippen LogP contribution is 2.23. The standard InChI is InChI=1S/C31H26FN3O4/c1-38-31(37)27(17-21-11-14-24(15-12-21)39-20-22-7-3-2-4-8-22)34-30(36)28-19-35-18-23(13-16-29(35)33-28)25-9-5-6-10-26(25)32/h2-16,18-19,27H,17,20H2,1H3,(H,34,36). The van der Waals surface area contributed by atoms with Gasteiger partial charge in [0.05, 0.1) is 7.11 Å². The molecule has 0 saturated carbocycles. The summed E-state index contributed by atoms with van der Waals surface area (Å²) < 4.78 is 26.6. The van der Waals surface area contributed by atoms with Crippen molar-refractivity contribution < 1.29 is 23.5 Å². The van der Waals surface area contributed by atoms with Crippen molar-refractivity contribution in [3.05, 3.63) is 126 Å². The number of rotatable bonds is 9. The van der Waals surface area contributed by atoms with E-state index in [0.29, 0.717) is 29.1 Å². The number of pyridine rings is 1. The number of nitrogens with one attached hydrogen (secondary N) is 1. The highest BCUT2D eigenvalue weighted by Gasteiger charge is 2.24. The Bertz CT molecular complexity index is 1600. The molecular formula is C31H26FN3O4. The van der Waals surface area contributed by atoms with E-state index in [2.05, 4.69) is 10.3 Å². The van der Waals surface area contributed by atoms with Crippen molar-refractivity contribution in [2.75, 3.05) is 7.11 Å². The molecule has 2 aromatic heterocycles. The zero-order valence-corrected chi connectivity index (χ0v) is 21.2. The lowest BCUT2D eigenvalue weighted by Gasteiger charge is -2.16. The van der Waals surface area contributed by atoms with Crippen LogP contribution in [0.1, 0.15) is 21.6 Å². The second-order valence-electron chi connectivity index (χ2n) is 8.96. The maximum atomic E-state index is 14.2. The molecular weight excluding hydrogens is 497 g/mol. The molecule has 2 heterocycles. The average molecular weight is 524 g/mol. The number of nitrogens with zero attached hydrogens (tertiary/aromatic N) is 2. The van der Waals surface area contributed by atoms with Gasteiger partial charge in [0.1, 0.15) is 35.6 Å². The molecule has 196 valence electrons. The van der Waals surface area contributed by atoms with E-state index >= 15 is 0 Å². The van der Waals surface area contributed by atoms with Crippen LogP contribution in [0.2, 0.25) is 0 Å². The number of imidazole rings is 1. The summed E-state index contributed by atoms with van der Waals surface area (Å²) in [6, 6.07) is 26.2. The van der Waals surface area contributed by atoms with Crippen LogP contribution in [0, 0.1) is 5.82 Å². The first-order valence-corrected chi connectivity index (χ1v) is 12.4. The van der Waals surface area contributed by atoms with Gasteiger partial charge in [-0.05, 0) is 41.5 Å². The fourth-order valence-corrected chi connectivity index (χ4v) is 4.22. The van der Waals surface area contributed by atoms with Gasteiger partial charge in [-0.1, -0.05) is 60.7 Å². The zero-order valence-electron chi connectivity index (χ0n) is 21.2. The third-order valence-electron chi connectivity index (χ3n) is 6.27. The molecule has 0 radical (unpaired) electrons. The Morgan fingerprint density at radius 2 is 1.64 bits per heavy atom. The third kappa shape index (κ3) is 6.13. The maximum absolute atomic E-state index is 14.2. The summed E-state index contributed by atoms with van der Waals surface area (Å²) >= 11 is 0. The number of ether oxygens (including phenoxy) is 2. The third-order valence-corrected chi connectivity index (χ3v) is 6.27. The van der Waals surface area contributed by atoms with Gasteiger partial charge in [-0.2, -0.15) is 0 Å². The van der Waals surface area contributed by atoms with Crippen LogP contribution in [-0.2, 0) is 22.6 Å². The van der Waals surface area contributed by atoms with Crippen LogP contribution in [0.25, 0.3) is 16.8 Å². The SMILES string of the molecule is COC(=O)C(Cc1ccc(OCc2ccccc2)cc1)NC(=O)c1cn2cc(-c3ccccc3F)ccc2n1. The molecule has 8 heteroatoms. The number of carbonyl (C=O) groups excluding carboxylic acids is 2. The first kappa shape index (κ1) is 25.7. The van der Waals surface area contributed by atoms with Gasteiger partial charge in [0.15, 0.2) is 0 Å². The Morgan fingerprint density at radius 3 is 2.38 bits per heavy atom. The van der Waals surface area contributed by atoms with Crippen LogP contribution in [0.3, 0.4) is 0 Å². The van der Waals surface area contributed by atoms with E-state index in [0.717, 1.165) is 11.1 Å². The summed E-state index contributed by atoms with van der Waals surface area (Å²) in [4.78, 5) is 29.9. The molecule has 0 aliphatic heterocycles. The topological polar surface area (TPSA) is 81.9 Å². The van der Waals surface area contributed by atoms with Gasteiger partial charge in [0.2, 0.25) is 0 Å². The molecule has 7 nitrogen and oxygen atoms in total. The second kappa shape index (κ2) is 11.6. The van der Waals surface area contributed by atoms with Crippen molar-refractivity contribution in [2.24, 2.45) is 0 Å². The Kier molecular flexibility index (Phi) is 7.63. The lowest BCUT2D eigenvalue weighted by atomic mass is 10.1. The predicted octanol–water partition coefficient (Wildman–Crippen LogP) is 5.23. The highest BCUT2D eigenvalue weighted by molar-refractivity contribution is 5.95. The number of halogens is 1. The van der Waals surface area contributed by atoms with Crippen molar-refractivity contribution in [1.82, 2.24) is 14.7 Å². The van der Waals surface area contributed by atoms with Crippen LogP contribution >= 0.6 is 0 Å². The Labute approximate surface area is 224 Å². The van der Waals surface area contributed by atoms with E-state index in [1.807, 2.05) is 54.6 Å². The normalized spacial score (nSPS) is 11.6. The summed E-state index contributed by atoms with van der Waals surface area (Å²) in [6.07, 6.45) is 3.47. The van der Waals surface area contributed by atoms with Gasteiger partial charge >= 0.3 is 5.97 Å². The number of hydrogen-bond donors (Lipinski definition) is 1. The molecule has 5 rings (SSSR count). The van der Waals surface area contributed by atoms with Gasteiger partial charge in [0, 0.05) is 29.9 Å². The van der Waals surface area contributed by atoms with Gasteiger partial charge in [-0.15, -0.1) is 0 Å². The minimum absolute atomic E-state index is 0.124. The summed E-state index contributed by atoms with van der Waals surface area (Å²) in [7, 11) is 1.27. The molecule has 39 heavy (non-hydrogen) atoms. The van der Waals surface area contributed by atoms with Crippen LogP contribution < -0.4 is 10.1 Å². The molecule has 0 aliphatic carbocycles. The van der Waals surface area contributed by atoms with Crippen LogP contribution in [0.4, 0.5) is 4.39 Å². The van der Waals surface area contributed by atoms with Crippen LogP contribution in [-0.4, -0.2) is 34.4 Å². The molecule has 5 aromatic rings. The molecule has 1 unspecified atom stereocenters. The number of carbonyl (C=O) groups is 2. The van der Waals surface area contributed by atoms with Crippen molar-refractivity contribution >= 4 is 17.5 Å². The van der Waals surface area contributed by atoms with E-state index in [4.69, 9.17) is 9.47 Å². The summed E-state index contributed by atoms with van der Waals surface area (Å²) in [5.41, 5.74) is 3.61. The van der Waals surface area contributed by atoms with E-state index in [-0.39, 0.29) is 17.9 Å². The van der Waals surface area contributed by atoms with E-state index in [9.17, 15) is 14.0 Å². The Hall–Kier alpha value is -4.98. The van der Waals surface area contributed by atoms with Gasteiger partial charge in [-0.25, -0.2) is 14.2 Å². The van der Waals surface area contributed by atoms with Gasteiger partial charge in [-0.3, -0.25) is 4.79 Å². The zero-order chi connectivity index (χ0) is 27.2. The number of fused-ring (bicyclic) bond motifs is 1. The lowest BCUT2D eigenvalue weighted by molar-refractivity contribution is -0.142. The number of methoxy groups -OCH3 is 1. The first-order valence-electron chi connectivity index (χ1n) is 12.4. The van der Waals surface area contributed by atoms with Gasteiger partial charge < -0.3 is 19.2 Å². The van der Waals surface area contributed by atoms with Gasteiger partial charge in [0.25, 0.3) is 5.91 Å². The summed E-state index contributed by atoms with van der Waals surface area (Å²) in [6.45, 7) is 0.446. The Balaban J connectivity index is 1.27. The van der Waals surface area contributed by atoms with Crippen molar-refractivity contribution in [1.29, 1.82) is 0 Å². The number of hydrogen-bond acceptors (Lipinski definition) is 5.